The maximum atomic E-state index is 12.7. The molecule has 0 spiro atoms. The minimum Gasteiger partial charge on any atom is -0.493 e. The van der Waals surface area contributed by atoms with Gasteiger partial charge in [0, 0.05) is 37.8 Å². The van der Waals surface area contributed by atoms with Gasteiger partial charge in [0.05, 0.1) is 20.1 Å². The van der Waals surface area contributed by atoms with E-state index in [-0.39, 0.29) is 24.2 Å². The zero-order valence-corrected chi connectivity index (χ0v) is 14.7. The summed E-state index contributed by atoms with van der Waals surface area (Å²) in [5.74, 6) is 1.27. The van der Waals surface area contributed by atoms with Gasteiger partial charge in [0.15, 0.2) is 11.5 Å². The minimum absolute atomic E-state index is 0.0415. The van der Waals surface area contributed by atoms with Crippen molar-refractivity contribution in [2.24, 2.45) is 17.6 Å². The molecule has 136 valence electrons. The van der Waals surface area contributed by atoms with Crippen LogP contribution >= 0.6 is 0 Å². The molecule has 0 saturated carbocycles. The fraction of sp³-hybridized carbons (Fsp3) is 0.556. The molecule has 3 rings (SSSR count). The smallest absolute Gasteiger partial charge is 0.228 e. The van der Waals surface area contributed by atoms with E-state index in [1.54, 1.807) is 31.3 Å². The average molecular weight is 347 g/mol. The van der Waals surface area contributed by atoms with Crippen molar-refractivity contribution in [2.45, 2.75) is 12.8 Å². The van der Waals surface area contributed by atoms with Gasteiger partial charge in [-0.2, -0.15) is 0 Å². The largest absolute Gasteiger partial charge is 0.493 e. The third kappa shape index (κ3) is 3.42. The number of carbonyl (C=O) groups excluding carboxylic acids is 2. The maximum absolute atomic E-state index is 12.7. The number of nitrogens with zero attached hydrogens (tertiary/aromatic N) is 2. The lowest BCUT2D eigenvalue weighted by Crippen LogP contribution is -2.36. The number of anilines is 1. The molecule has 2 N–H and O–H groups in total. The summed E-state index contributed by atoms with van der Waals surface area (Å²) in [5.41, 5.74) is 6.42. The molecule has 7 nitrogen and oxygen atoms in total. The van der Waals surface area contributed by atoms with Crippen molar-refractivity contribution < 1.29 is 19.1 Å². The predicted molar refractivity (Wildman–Crippen MR) is 93.7 cm³/mol. The summed E-state index contributed by atoms with van der Waals surface area (Å²) in [4.78, 5) is 28.7. The summed E-state index contributed by atoms with van der Waals surface area (Å²) < 4.78 is 10.5. The van der Waals surface area contributed by atoms with Crippen LogP contribution in [0.15, 0.2) is 18.2 Å². The molecule has 1 aromatic rings. The maximum Gasteiger partial charge on any atom is 0.228 e. The Balaban J connectivity index is 1.71. The van der Waals surface area contributed by atoms with E-state index >= 15 is 0 Å². The predicted octanol–water partition coefficient (Wildman–Crippen LogP) is 0.864. The zero-order chi connectivity index (χ0) is 18.0. The van der Waals surface area contributed by atoms with Crippen LogP contribution < -0.4 is 20.1 Å². The number of hydrogen-bond acceptors (Lipinski definition) is 5. The molecule has 2 amide bonds. The van der Waals surface area contributed by atoms with Gasteiger partial charge < -0.3 is 25.0 Å². The Bertz CT molecular complexity index is 664. The second kappa shape index (κ2) is 7.31. The Morgan fingerprint density at radius 2 is 2.00 bits per heavy atom. The lowest BCUT2D eigenvalue weighted by atomic mass is 10.1. The van der Waals surface area contributed by atoms with Gasteiger partial charge in [-0.1, -0.05) is 0 Å². The van der Waals surface area contributed by atoms with Crippen molar-refractivity contribution in [2.75, 3.05) is 45.3 Å². The van der Waals surface area contributed by atoms with E-state index in [2.05, 4.69) is 0 Å². The number of hydrogen-bond donors (Lipinski definition) is 1. The first-order valence-electron chi connectivity index (χ1n) is 8.58. The van der Waals surface area contributed by atoms with Crippen LogP contribution in [0, 0.1) is 11.8 Å². The third-order valence-electron chi connectivity index (χ3n) is 5.08. The van der Waals surface area contributed by atoms with Gasteiger partial charge in [0.2, 0.25) is 11.8 Å². The summed E-state index contributed by atoms with van der Waals surface area (Å²) in [6.45, 7) is 2.44. The number of rotatable bonds is 5. The molecule has 0 bridgehead atoms. The lowest BCUT2D eigenvalue weighted by molar-refractivity contribution is -0.134. The van der Waals surface area contributed by atoms with Crippen LogP contribution in [0.25, 0.3) is 0 Å². The van der Waals surface area contributed by atoms with Crippen LogP contribution in [0.3, 0.4) is 0 Å². The number of amides is 2. The fourth-order valence-electron chi connectivity index (χ4n) is 3.60. The molecule has 2 atom stereocenters. The van der Waals surface area contributed by atoms with E-state index in [4.69, 9.17) is 15.2 Å². The quantitative estimate of drug-likeness (QED) is 0.854. The highest BCUT2D eigenvalue weighted by molar-refractivity contribution is 6.00. The van der Waals surface area contributed by atoms with Crippen LogP contribution in [0.1, 0.15) is 12.8 Å². The molecule has 2 saturated heterocycles. The summed E-state index contributed by atoms with van der Waals surface area (Å²) in [7, 11) is 3.12. The van der Waals surface area contributed by atoms with E-state index in [1.807, 2.05) is 11.0 Å². The van der Waals surface area contributed by atoms with E-state index in [0.717, 1.165) is 18.7 Å². The first-order chi connectivity index (χ1) is 12.1. The number of ether oxygens (including phenoxy) is 2. The molecule has 2 fully saturated rings. The topological polar surface area (TPSA) is 85.1 Å². The molecule has 25 heavy (non-hydrogen) atoms. The molecule has 2 heterocycles. The van der Waals surface area contributed by atoms with Crippen molar-refractivity contribution in [1.29, 1.82) is 0 Å². The number of nitrogens with two attached hydrogens (primary N) is 1. The Labute approximate surface area is 147 Å². The average Bonchev–Trinajstić information content (AvgIpc) is 3.27. The van der Waals surface area contributed by atoms with E-state index < -0.39 is 0 Å². The van der Waals surface area contributed by atoms with Gasteiger partial charge in [0.1, 0.15) is 0 Å². The van der Waals surface area contributed by atoms with Gasteiger partial charge in [-0.05, 0) is 31.0 Å². The molecular formula is C18H25N3O4. The molecular weight excluding hydrogens is 322 g/mol. The second-order valence-electron chi connectivity index (χ2n) is 6.62. The molecule has 7 heteroatoms. The van der Waals surface area contributed by atoms with Crippen molar-refractivity contribution >= 4 is 17.5 Å². The van der Waals surface area contributed by atoms with Crippen LogP contribution in [-0.4, -0.2) is 57.1 Å². The van der Waals surface area contributed by atoms with E-state index in [0.29, 0.717) is 37.1 Å². The van der Waals surface area contributed by atoms with Gasteiger partial charge in [-0.25, -0.2) is 0 Å². The third-order valence-corrected chi connectivity index (χ3v) is 5.08. The first kappa shape index (κ1) is 17.5. The number of likely N-dealkylation sites (tertiary alicyclic amines) is 1. The molecule has 1 aromatic carbocycles. The molecule has 0 aliphatic carbocycles. The van der Waals surface area contributed by atoms with E-state index in [1.165, 1.54) is 0 Å². The standard InChI is InChI=1S/C18H25N3O4/c1-24-15-4-3-14(8-16(15)25-2)21-11-13(7-17(21)22)18(23)20-6-5-12(9-19)10-20/h3-4,8,12-13H,5-7,9-11,19H2,1-2H3. The lowest BCUT2D eigenvalue weighted by Gasteiger charge is -2.21. The SMILES string of the molecule is COc1ccc(N2CC(C(=O)N3CCC(CN)C3)CC2=O)cc1OC. The first-order valence-corrected chi connectivity index (χ1v) is 8.58. The van der Waals surface area contributed by atoms with Crippen molar-refractivity contribution in [3.63, 3.8) is 0 Å². The normalized spacial score (nSPS) is 23.2. The van der Waals surface area contributed by atoms with Crippen molar-refractivity contribution in [3.8, 4) is 11.5 Å². The number of carbonyl (C=O) groups is 2. The number of methoxy groups -OCH3 is 2. The highest BCUT2D eigenvalue weighted by Gasteiger charge is 2.39. The summed E-state index contributed by atoms with van der Waals surface area (Å²) >= 11 is 0. The fourth-order valence-corrected chi connectivity index (χ4v) is 3.60. The molecule has 2 aliphatic heterocycles. The van der Waals surface area contributed by atoms with Crippen LogP contribution in [-0.2, 0) is 9.59 Å². The summed E-state index contributed by atoms with van der Waals surface area (Å²) in [6.07, 6.45) is 1.19. The van der Waals surface area contributed by atoms with Gasteiger partial charge >= 0.3 is 0 Å². The van der Waals surface area contributed by atoms with Crippen LogP contribution in [0.2, 0.25) is 0 Å². The Morgan fingerprint density at radius 3 is 2.64 bits per heavy atom. The molecule has 2 unspecified atom stereocenters. The van der Waals surface area contributed by atoms with Gasteiger partial charge in [-0.3, -0.25) is 9.59 Å². The molecule has 0 radical (unpaired) electrons. The van der Waals surface area contributed by atoms with Gasteiger partial charge in [0.25, 0.3) is 0 Å². The Kier molecular flexibility index (Phi) is 5.13. The van der Waals surface area contributed by atoms with Crippen molar-refractivity contribution in [3.05, 3.63) is 18.2 Å². The van der Waals surface area contributed by atoms with Crippen LogP contribution in [0.5, 0.6) is 11.5 Å². The zero-order valence-electron chi connectivity index (χ0n) is 14.7. The monoisotopic (exact) mass is 347 g/mol. The second-order valence-corrected chi connectivity index (χ2v) is 6.62. The molecule has 2 aliphatic rings. The van der Waals surface area contributed by atoms with E-state index in [9.17, 15) is 9.59 Å². The Morgan fingerprint density at radius 1 is 1.24 bits per heavy atom. The molecule has 0 aromatic heterocycles. The Hall–Kier alpha value is -2.28. The minimum atomic E-state index is -0.294. The van der Waals surface area contributed by atoms with Crippen molar-refractivity contribution in [1.82, 2.24) is 4.90 Å². The summed E-state index contributed by atoms with van der Waals surface area (Å²) in [6, 6.07) is 5.35. The number of benzene rings is 1. The highest BCUT2D eigenvalue weighted by atomic mass is 16.5. The van der Waals surface area contributed by atoms with Crippen LogP contribution in [0.4, 0.5) is 5.69 Å². The highest BCUT2D eigenvalue weighted by Crippen LogP contribution is 2.34. The summed E-state index contributed by atoms with van der Waals surface area (Å²) in [5, 5.41) is 0. The van der Waals surface area contributed by atoms with Gasteiger partial charge in [-0.15, -0.1) is 0 Å².